The van der Waals surface area contributed by atoms with Crippen LogP contribution in [0.15, 0.2) is 18.3 Å². The summed E-state index contributed by atoms with van der Waals surface area (Å²) in [5.41, 5.74) is 0.486. The summed E-state index contributed by atoms with van der Waals surface area (Å²) < 4.78 is 10.4. The number of nitrogens with zero attached hydrogens (tertiary/aromatic N) is 1. The van der Waals surface area contributed by atoms with Crippen molar-refractivity contribution in [3.63, 3.8) is 0 Å². The first-order valence-corrected chi connectivity index (χ1v) is 8.16. The van der Waals surface area contributed by atoms with Gasteiger partial charge in [-0.1, -0.05) is 25.7 Å². The predicted octanol–water partition coefficient (Wildman–Crippen LogP) is 2.81. The molecule has 5 nitrogen and oxygen atoms in total. The number of aromatic nitrogens is 1. The number of methoxy groups -OCH3 is 1. The van der Waals surface area contributed by atoms with Crippen LogP contribution in [0.5, 0.6) is 5.88 Å². The maximum atomic E-state index is 12.2. The largest absolute Gasteiger partial charge is 0.475 e. The lowest BCUT2D eigenvalue weighted by Crippen LogP contribution is -2.25. The number of carbonyl (C=O) groups is 1. The Bertz CT molecular complexity index is 459. The lowest BCUT2D eigenvalue weighted by atomic mass is 10.0. The molecule has 0 aliphatic heterocycles. The normalized spacial score (nSPS) is 15.0. The molecule has 0 saturated heterocycles. The van der Waals surface area contributed by atoms with E-state index >= 15 is 0 Å². The van der Waals surface area contributed by atoms with Crippen molar-refractivity contribution in [2.24, 2.45) is 5.92 Å². The number of rotatable bonds is 9. The Kier molecular flexibility index (Phi) is 7.16. The number of pyridine rings is 1. The molecule has 1 N–H and O–H groups in total. The molecule has 1 aromatic rings. The van der Waals surface area contributed by atoms with Gasteiger partial charge in [-0.3, -0.25) is 4.79 Å². The molecule has 0 bridgehead atoms. The maximum Gasteiger partial charge on any atom is 0.256 e. The van der Waals surface area contributed by atoms with Crippen LogP contribution in [-0.4, -0.2) is 37.8 Å². The van der Waals surface area contributed by atoms with Gasteiger partial charge in [0.1, 0.15) is 12.2 Å². The van der Waals surface area contributed by atoms with E-state index in [1.165, 1.54) is 32.1 Å². The average Bonchev–Trinajstić information content (AvgIpc) is 3.05. The molecule has 1 saturated carbocycles. The van der Waals surface area contributed by atoms with E-state index in [2.05, 4.69) is 10.3 Å². The van der Waals surface area contributed by atoms with Crippen molar-refractivity contribution in [3.8, 4) is 5.88 Å². The number of hydrogen-bond donors (Lipinski definition) is 1. The van der Waals surface area contributed by atoms with Crippen molar-refractivity contribution < 1.29 is 14.3 Å². The van der Waals surface area contributed by atoms with Gasteiger partial charge >= 0.3 is 0 Å². The second kappa shape index (κ2) is 9.41. The first-order valence-electron chi connectivity index (χ1n) is 8.16. The summed E-state index contributed by atoms with van der Waals surface area (Å²) in [6.07, 6.45) is 9.33. The van der Waals surface area contributed by atoms with Gasteiger partial charge in [-0.05, 0) is 30.9 Å². The van der Waals surface area contributed by atoms with Crippen LogP contribution >= 0.6 is 0 Å². The van der Waals surface area contributed by atoms with Gasteiger partial charge in [-0.2, -0.15) is 0 Å². The Morgan fingerprint density at radius 2 is 2.18 bits per heavy atom. The molecule has 1 heterocycles. The topological polar surface area (TPSA) is 60.5 Å². The van der Waals surface area contributed by atoms with Gasteiger partial charge in [0.25, 0.3) is 5.91 Å². The number of ether oxygens (including phenoxy) is 2. The molecule has 22 heavy (non-hydrogen) atoms. The van der Waals surface area contributed by atoms with Crippen molar-refractivity contribution in [1.29, 1.82) is 0 Å². The molecule has 0 aromatic carbocycles. The van der Waals surface area contributed by atoms with Gasteiger partial charge in [0.05, 0.1) is 6.61 Å². The minimum Gasteiger partial charge on any atom is -0.475 e. The number of carbonyl (C=O) groups excluding carboxylic acids is 1. The summed E-state index contributed by atoms with van der Waals surface area (Å²) in [5.74, 6) is 1.11. The molecule has 0 atom stereocenters. The van der Waals surface area contributed by atoms with Gasteiger partial charge in [-0.25, -0.2) is 4.98 Å². The molecular formula is C17H26N2O3. The summed E-state index contributed by atoms with van der Waals surface area (Å²) in [6.45, 7) is 1.57. The van der Waals surface area contributed by atoms with Crippen molar-refractivity contribution in [2.75, 3.05) is 26.9 Å². The Hall–Kier alpha value is -1.62. The fourth-order valence-electron chi connectivity index (χ4n) is 2.89. The quantitative estimate of drug-likeness (QED) is 0.713. The fourth-order valence-corrected chi connectivity index (χ4v) is 2.89. The first kappa shape index (κ1) is 16.7. The summed E-state index contributed by atoms with van der Waals surface area (Å²) in [6, 6.07) is 3.48. The van der Waals surface area contributed by atoms with Crippen molar-refractivity contribution in [1.82, 2.24) is 10.3 Å². The molecule has 0 unspecified atom stereocenters. The molecule has 1 fully saturated rings. The average molecular weight is 306 g/mol. The highest BCUT2D eigenvalue weighted by molar-refractivity contribution is 5.96. The first-order chi connectivity index (χ1) is 10.8. The highest BCUT2D eigenvalue weighted by Gasteiger charge is 2.15. The van der Waals surface area contributed by atoms with Crippen LogP contribution in [0.1, 0.15) is 48.9 Å². The van der Waals surface area contributed by atoms with E-state index < -0.39 is 0 Å². The van der Waals surface area contributed by atoms with E-state index in [1.54, 1.807) is 25.4 Å². The van der Waals surface area contributed by atoms with Gasteiger partial charge in [-0.15, -0.1) is 0 Å². The Morgan fingerprint density at radius 1 is 1.36 bits per heavy atom. The Morgan fingerprint density at radius 3 is 2.95 bits per heavy atom. The van der Waals surface area contributed by atoms with Crippen LogP contribution in [0.4, 0.5) is 0 Å². The zero-order valence-corrected chi connectivity index (χ0v) is 13.3. The van der Waals surface area contributed by atoms with Gasteiger partial charge < -0.3 is 14.8 Å². The maximum absolute atomic E-state index is 12.2. The number of hydrogen-bond acceptors (Lipinski definition) is 4. The van der Waals surface area contributed by atoms with Crippen molar-refractivity contribution >= 4 is 5.91 Å². The summed E-state index contributed by atoms with van der Waals surface area (Å²) in [5, 5.41) is 2.96. The fraction of sp³-hybridized carbons (Fsp3) is 0.647. The molecule has 122 valence electrons. The predicted molar refractivity (Wildman–Crippen MR) is 85.1 cm³/mol. The standard InChI is InChI=1S/C17H26N2O3/c1-21-12-13-22-17-15(9-5-11-19-17)16(20)18-10-4-8-14-6-2-3-7-14/h5,9,11,14H,2-4,6-8,10,12-13H2,1H3,(H,18,20). The van der Waals surface area contributed by atoms with Crippen LogP contribution in [0.25, 0.3) is 0 Å². The summed E-state index contributed by atoms with van der Waals surface area (Å²) >= 11 is 0. The van der Waals surface area contributed by atoms with Crippen molar-refractivity contribution in [2.45, 2.75) is 38.5 Å². The van der Waals surface area contributed by atoms with E-state index in [0.29, 0.717) is 31.2 Å². The van der Waals surface area contributed by atoms with Crippen LogP contribution in [-0.2, 0) is 4.74 Å². The third-order valence-corrected chi connectivity index (χ3v) is 4.09. The summed E-state index contributed by atoms with van der Waals surface area (Å²) in [7, 11) is 1.61. The molecule has 0 spiro atoms. The van der Waals surface area contributed by atoms with E-state index in [0.717, 1.165) is 12.3 Å². The van der Waals surface area contributed by atoms with Gasteiger partial charge in [0, 0.05) is 19.9 Å². The minimum absolute atomic E-state index is 0.119. The molecular weight excluding hydrogens is 280 g/mol. The van der Waals surface area contributed by atoms with E-state index in [4.69, 9.17) is 9.47 Å². The van der Waals surface area contributed by atoms with Crippen LogP contribution in [0, 0.1) is 5.92 Å². The second-order valence-corrected chi connectivity index (χ2v) is 5.75. The number of nitrogens with one attached hydrogen (secondary N) is 1. The van der Waals surface area contributed by atoms with E-state index in [1.807, 2.05) is 0 Å². The molecule has 0 radical (unpaired) electrons. The highest BCUT2D eigenvalue weighted by atomic mass is 16.5. The summed E-state index contributed by atoms with van der Waals surface area (Å²) in [4.78, 5) is 16.4. The second-order valence-electron chi connectivity index (χ2n) is 5.75. The van der Waals surface area contributed by atoms with E-state index in [9.17, 15) is 4.79 Å². The Labute approximate surface area is 132 Å². The highest BCUT2D eigenvalue weighted by Crippen LogP contribution is 2.28. The third kappa shape index (κ3) is 5.30. The zero-order valence-electron chi connectivity index (χ0n) is 13.3. The Balaban J connectivity index is 1.75. The molecule has 5 heteroatoms. The molecule has 2 rings (SSSR count). The lowest BCUT2D eigenvalue weighted by Gasteiger charge is -2.11. The van der Waals surface area contributed by atoms with Crippen LogP contribution < -0.4 is 10.1 Å². The molecule has 1 aliphatic rings. The zero-order chi connectivity index (χ0) is 15.6. The minimum atomic E-state index is -0.119. The van der Waals surface area contributed by atoms with E-state index in [-0.39, 0.29) is 5.91 Å². The molecule has 1 aliphatic carbocycles. The van der Waals surface area contributed by atoms with Crippen LogP contribution in [0.2, 0.25) is 0 Å². The van der Waals surface area contributed by atoms with Crippen molar-refractivity contribution in [3.05, 3.63) is 23.9 Å². The SMILES string of the molecule is COCCOc1ncccc1C(=O)NCCCC1CCCC1. The monoisotopic (exact) mass is 306 g/mol. The van der Waals surface area contributed by atoms with Crippen LogP contribution in [0.3, 0.4) is 0 Å². The number of amides is 1. The smallest absolute Gasteiger partial charge is 0.256 e. The molecule has 1 aromatic heterocycles. The molecule has 1 amide bonds. The van der Waals surface area contributed by atoms with Gasteiger partial charge in [0.2, 0.25) is 5.88 Å². The lowest BCUT2D eigenvalue weighted by molar-refractivity contribution is 0.0943. The third-order valence-electron chi connectivity index (χ3n) is 4.09. The van der Waals surface area contributed by atoms with Gasteiger partial charge in [0.15, 0.2) is 0 Å².